The molecule has 44 nitrogen and oxygen atoms in total. The van der Waals surface area contributed by atoms with E-state index in [1.54, 1.807) is 82.3 Å². The van der Waals surface area contributed by atoms with E-state index in [0.717, 1.165) is 21.6 Å². The van der Waals surface area contributed by atoms with Gasteiger partial charge in [-0.2, -0.15) is 0 Å². The van der Waals surface area contributed by atoms with Crippen LogP contribution in [0.5, 0.6) is 0 Å². The first kappa shape index (κ1) is 117. The number of primary amides is 1. The van der Waals surface area contributed by atoms with Gasteiger partial charge in [0, 0.05) is 75.4 Å². The molecule has 2 aromatic rings. The number of nitrogens with one attached hydrogen (secondary N) is 15. The van der Waals surface area contributed by atoms with Crippen LogP contribution in [0.15, 0.2) is 54.6 Å². The second kappa shape index (κ2) is 58.9. The Hall–Kier alpha value is -11.5. The van der Waals surface area contributed by atoms with E-state index in [0.29, 0.717) is 62.5 Å². The Kier molecular flexibility index (Phi) is 48.8. The van der Waals surface area contributed by atoms with Crippen LogP contribution in [0.1, 0.15) is 221 Å². The van der Waals surface area contributed by atoms with Crippen LogP contribution in [0.25, 0.3) is 0 Å². The molecular formula is C95H148ClN23O21S2. The number of carbonyl (C=O) groups is 19. The number of hydrogen-bond acceptors (Lipinski definition) is 25. The Morgan fingerprint density at radius 2 is 1.11 bits per heavy atom. The second-order valence-corrected chi connectivity index (χ2v) is 41.1. The van der Waals surface area contributed by atoms with Gasteiger partial charge in [-0.05, 0) is 190 Å². The highest BCUT2D eigenvalue weighted by molar-refractivity contribution is 8.76. The highest BCUT2D eigenvalue weighted by Gasteiger charge is 2.48. The van der Waals surface area contributed by atoms with Crippen LogP contribution < -0.4 is 97.4 Å². The summed E-state index contributed by atoms with van der Waals surface area (Å²) < 4.78 is 0. The predicted molar refractivity (Wildman–Crippen MR) is 531 cm³/mol. The third-order valence-corrected chi connectivity index (χ3v) is 28.2. The number of aliphatic hydroxyl groups excluding tert-OH is 1. The van der Waals surface area contributed by atoms with Crippen LogP contribution in [0.3, 0.4) is 0 Å². The molecule has 2 aromatic carbocycles. The Morgan fingerprint density at radius 3 is 1.72 bits per heavy atom. The maximum absolute atomic E-state index is 15.8. The lowest BCUT2D eigenvalue weighted by atomic mass is 10.0. The normalized spacial score (nSPS) is 23.7. The molecular weight excluding hydrogens is 1900 g/mol. The van der Waals surface area contributed by atoms with Gasteiger partial charge in [-0.25, -0.2) is 0 Å². The van der Waals surface area contributed by atoms with Crippen molar-refractivity contribution in [2.24, 2.45) is 34.8 Å². The number of carboxylic acid groups (broad SMARTS) is 1. The molecule has 25 N–H and O–H groups in total. The maximum atomic E-state index is 15.8. The van der Waals surface area contributed by atoms with Gasteiger partial charge in [0.25, 0.3) is 0 Å². The molecule has 18 amide bonds. The minimum atomic E-state index is -1.93. The van der Waals surface area contributed by atoms with Gasteiger partial charge >= 0.3 is 5.97 Å². The van der Waals surface area contributed by atoms with Crippen molar-refractivity contribution in [1.29, 1.82) is 5.41 Å². The van der Waals surface area contributed by atoms with Crippen LogP contribution in [0, 0.1) is 17.2 Å². The summed E-state index contributed by atoms with van der Waals surface area (Å²) in [5.74, 6) is -18.3. The van der Waals surface area contributed by atoms with Crippen molar-refractivity contribution in [2.45, 2.75) is 325 Å². The van der Waals surface area contributed by atoms with E-state index < -0.39 is 251 Å². The zero-order valence-electron chi connectivity index (χ0n) is 82.5. The fraction of sp³-hybridized carbons (Fsp3) is 0.663. The van der Waals surface area contributed by atoms with Crippen molar-refractivity contribution < 1.29 is 101 Å². The second-order valence-electron chi connectivity index (χ2n) is 38.0. The topological polar surface area (TPSA) is 674 Å². The monoisotopic (exact) mass is 2050 g/mol. The summed E-state index contributed by atoms with van der Waals surface area (Å²) >= 11 is 6.55. The number of carboxylic acids is 1. The number of halogens is 1. The SMILES string of the molecule is CCCCC[C@@H]1NC(=O)[C@@H](CCCCN)NC(=O)[C@H](CCCNC(=N)N)NC(=O)[C@H](CC(C)C)NC(=O)[C@@H](NC(=O)[C@H](Cc2cccc(Cl)c2)NC(=O)[C@@H]2CCCN2C(=O)[C@@H](NC(C)=O)C(C)C)CCSSC[C@@H](C(=O)NC(CCCCN)C(=O)N2CCC[C@H]2C(=O)N2CCC[C@H]2C(=O)N[C@@H](CCC(=O)O)C(N)=O)NC(=O)[C@H](Cc2ccccc2)NC(=O)[C@H](CO)NC(=O)C(C)(C)NC(=O)[C@@H]2CCCN2C1=O. The Balaban J connectivity index is 1.36. The van der Waals surface area contributed by atoms with E-state index in [9.17, 15) is 58.2 Å². The van der Waals surface area contributed by atoms with Gasteiger partial charge in [-0.3, -0.25) is 96.5 Å². The molecule has 47 heteroatoms. The van der Waals surface area contributed by atoms with Crippen molar-refractivity contribution in [3.05, 3.63) is 70.7 Å². The lowest BCUT2D eigenvalue weighted by Gasteiger charge is -2.33. The number of guanidine groups is 1. The molecule has 788 valence electrons. The van der Waals surface area contributed by atoms with Gasteiger partial charge in [0.2, 0.25) is 106 Å². The standard InChI is InChI=1S/C95H148ClN23O21S2/c1-9-10-12-30-64-89(136)116-43-23-35-73(116)88(135)115-95(7,8)93(140)114-69(52-120)84(131)111-67(50-57-25-13-11-14-26-57)83(130)113-70(85(132)109-65(31-16-18-41-98)90(137)119-46-24-36-74(119)91(138)117-44-21-33-71(117)86(133)104-60(77(99)124)37-38-75(122)123)53-142-141-47-39-63(80(127)110-66(48-54(2)3)81(128)106-62(32-20-42-102-94(100)101)78(125)105-61(79(126)108-64)29-15-17-40-97)107-82(129)68(51-58-27-19-28-59(96)49-58)112-87(134)72-34-22-45-118(72)92(139)76(55(4)5)103-56(6)121/h11,13-14,19,25-28,49,54-55,60-74,76,120H,9-10,12,15-18,20-24,29-48,50-53,97-98H2,1-8H3,(H2,99,124)(H,103,121)(H,104,133)(H,105,125)(H,106,128)(H,107,129)(H,108,126)(H,109,132)(H,110,127)(H,111,131)(H,112,134)(H,113,130)(H,114,140)(H,115,135)(H,122,123)(H4,100,101,102)/t60-,61+,62-,63-,64-,65?,66-,67-,68-,69-,70-,71-,72-,73-,74-,76-/m0/s1. The number of aliphatic carboxylic acids is 1. The van der Waals surface area contributed by atoms with Gasteiger partial charge < -0.3 is 127 Å². The molecule has 5 heterocycles. The van der Waals surface area contributed by atoms with Crippen LogP contribution in [-0.2, 0) is 104 Å². The molecule has 5 aliphatic rings. The quantitative estimate of drug-likeness (QED) is 0.0160. The number of amides is 18. The summed E-state index contributed by atoms with van der Waals surface area (Å²) in [7, 11) is 1.93. The average Bonchev–Trinajstić information content (AvgIpc) is 1.65. The van der Waals surface area contributed by atoms with Crippen LogP contribution >= 0.6 is 33.2 Å². The molecule has 16 atom stereocenters. The fourth-order valence-electron chi connectivity index (χ4n) is 17.8. The molecule has 0 saturated carbocycles. The molecule has 7 rings (SSSR count). The number of unbranched alkanes of at least 4 members (excludes halogenated alkanes) is 4. The highest BCUT2D eigenvalue weighted by atomic mass is 35.5. The Labute approximate surface area is 841 Å². The van der Waals surface area contributed by atoms with Crippen LogP contribution in [-0.4, -0.2) is 314 Å². The van der Waals surface area contributed by atoms with Crippen molar-refractivity contribution in [2.75, 3.05) is 63.9 Å². The van der Waals surface area contributed by atoms with Crippen molar-refractivity contribution in [1.82, 2.24) is 94.0 Å². The van der Waals surface area contributed by atoms with Crippen molar-refractivity contribution in [3.63, 3.8) is 0 Å². The summed E-state index contributed by atoms with van der Waals surface area (Å²) in [6.45, 7) is 12.2. The first-order valence-corrected chi connectivity index (χ1v) is 52.2. The predicted octanol–water partition coefficient (Wildman–Crippen LogP) is -1.25. The van der Waals surface area contributed by atoms with Gasteiger partial charge in [0.1, 0.15) is 102 Å². The molecule has 0 aromatic heterocycles. The van der Waals surface area contributed by atoms with Crippen LogP contribution in [0.2, 0.25) is 5.02 Å². The van der Waals surface area contributed by atoms with E-state index in [2.05, 4.69) is 74.4 Å². The number of fused-ring (bicyclic) bond motifs is 1. The van der Waals surface area contributed by atoms with Crippen molar-refractivity contribution >= 4 is 151 Å². The number of hydrogen-bond donors (Lipinski definition) is 21. The number of aliphatic hydroxyl groups is 1. The average molecular weight is 2050 g/mol. The zero-order chi connectivity index (χ0) is 105. The molecule has 1 unspecified atom stereocenters. The van der Waals surface area contributed by atoms with Crippen molar-refractivity contribution in [3.8, 4) is 0 Å². The number of nitrogens with zero attached hydrogens (tertiary/aromatic N) is 4. The third-order valence-electron chi connectivity index (χ3n) is 25.5. The van der Waals surface area contributed by atoms with E-state index in [4.69, 9.17) is 39.9 Å². The summed E-state index contributed by atoms with van der Waals surface area (Å²) in [6.07, 6.45) is 2.53. The van der Waals surface area contributed by atoms with Gasteiger partial charge in [-0.15, -0.1) is 0 Å². The van der Waals surface area contributed by atoms with Gasteiger partial charge in [0.05, 0.1) is 6.61 Å². The highest BCUT2D eigenvalue weighted by Crippen LogP contribution is 2.31. The number of carbonyl (C=O) groups excluding carboxylic acids is 18. The maximum Gasteiger partial charge on any atom is 0.303 e. The summed E-state index contributed by atoms with van der Waals surface area (Å²) in [6, 6.07) is -8.27. The largest absolute Gasteiger partial charge is 0.481 e. The van der Waals surface area contributed by atoms with E-state index in [-0.39, 0.29) is 166 Å². The Bertz CT molecular complexity index is 4700. The summed E-state index contributed by atoms with van der Waals surface area (Å²) in [5.41, 5.74) is 22.2. The minimum absolute atomic E-state index is 0.00786. The van der Waals surface area contributed by atoms with Gasteiger partial charge in [0.15, 0.2) is 5.96 Å². The van der Waals surface area contributed by atoms with E-state index >= 15 is 43.2 Å². The molecule has 5 aliphatic heterocycles. The lowest BCUT2D eigenvalue weighted by molar-refractivity contribution is -0.148. The summed E-state index contributed by atoms with van der Waals surface area (Å²) in [5, 5.41) is 66.7. The molecule has 142 heavy (non-hydrogen) atoms. The first-order valence-electron chi connectivity index (χ1n) is 49.3. The minimum Gasteiger partial charge on any atom is -0.481 e. The van der Waals surface area contributed by atoms with E-state index in [1.807, 2.05) is 6.92 Å². The number of rotatable bonds is 40. The molecule has 0 bridgehead atoms. The molecule has 5 saturated heterocycles. The van der Waals surface area contributed by atoms with E-state index in [1.165, 1.54) is 40.4 Å². The smallest absolute Gasteiger partial charge is 0.303 e. The number of benzene rings is 2. The molecule has 0 radical (unpaired) electrons. The lowest BCUT2D eigenvalue weighted by Crippen LogP contribution is -2.63. The molecule has 0 spiro atoms. The number of likely N-dealkylation sites (tertiary alicyclic amines) is 3. The van der Waals surface area contributed by atoms with Crippen LogP contribution in [0.4, 0.5) is 0 Å². The molecule has 0 aliphatic carbocycles. The first-order chi connectivity index (χ1) is 67.5. The molecule has 5 fully saturated rings. The Morgan fingerprint density at radius 1 is 0.563 bits per heavy atom. The zero-order valence-corrected chi connectivity index (χ0v) is 84.9. The summed E-state index contributed by atoms with van der Waals surface area (Å²) in [4.78, 5) is 283. The third kappa shape index (κ3) is 36.7. The number of nitrogens with two attached hydrogens (primary N) is 4. The fourth-order valence-corrected chi connectivity index (χ4v) is 20.2. The van der Waals surface area contributed by atoms with Gasteiger partial charge in [-0.1, -0.05) is 130 Å².